The van der Waals surface area contributed by atoms with Gasteiger partial charge in [-0.15, -0.1) is 0 Å². The first-order valence-electron chi connectivity index (χ1n) is 9.17. The van der Waals surface area contributed by atoms with E-state index in [0.717, 1.165) is 22.3 Å². The van der Waals surface area contributed by atoms with Crippen LogP contribution in [-0.4, -0.2) is 38.7 Å². The summed E-state index contributed by atoms with van der Waals surface area (Å²) in [6, 6.07) is 5.55. The molecule has 2 atom stereocenters. The van der Waals surface area contributed by atoms with Crippen LogP contribution in [0.4, 0.5) is 0 Å². The van der Waals surface area contributed by atoms with E-state index in [9.17, 15) is 9.90 Å². The molecule has 0 radical (unpaired) electrons. The van der Waals surface area contributed by atoms with Crippen LogP contribution in [0, 0.1) is 11.8 Å². The molecule has 0 unspecified atom stereocenters. The van der Waals surface area contributed by atoms with Gasteiger partial charge in [-0.25, -0.2) is 0 Å². The van der Waals surface area contributed by atoms with E-state index < -0.39 is 0 Å². The third kappa shape index (κ3) is 2.38. The predicted octanol–water partition coefficient (Wildman–Crippen LogP) is 2.69. The van der Waals surface area contributed by atoms with Gasteiger partial charge >= 0.3 is 5.97 Å². The predicted molar refractivity (Wildman–Crippen MR) is 98.1 cm³/mol. The van der Waals surface area contributed by atoms with Crippen molar-refractivity contribution in [3.8, 4) is 39.9 Å². The summed E-state index contributed by atoms with van der Waals surface area (Å²) in [6.07, 6.45) is 1.13. The maximum atomic E-state index is 12.4. The van der Waals surface area contributed by atoms with Gasteiger partial charge in [-0.3, -0.25) is 4.79 Å². The highest BCUT2D eigenvalue weighted by molar-refractivity contribution is 5.85. The summed E-state index contributed by atoms with van der Waals surface area (Å²) in [7, 11) is 3.02. The lowest BCUT2D eigenvalue weighted by Crippen LogP contribution is -2.23. The molecule has 0 saturated carbocycles. The summed E-state index contributed by atoms with van der Waals surface area (Å²) in [4.78, 5) is 12.4. The van der Waals surface area contributed by atoms with E-state index in [0.29, 0.717) is 36.7 Å². The first-order chi connectivity index (χ1) is 13.6. The molecule has 2 aromatic rings. The van der Waals surface area contributed by atoms with Crippen molar-refractivity contribution in [2.45, 2.75) is 12.8 Å². The smallest absolute Gasteiger partial charge is 0.309 e. The maximum absolute atomic E-state index is 12.4. The number of benzene rings is 2. The Bertz CT molecular complexity index is 981. The Balaban J connectivity index is 1.81. The molecule has 1 N–H and O–H groups in total. The number of methoxy groups -OCH3 is 2. The second-order valence-corrected chi connectivity index (χ2v) is 7.26. The number of hydrogen-bond donors (Lipinski definition) is 1. The number of hydrogen-bond acceptors (Lipinski definition) is 7. The highest BCUT2D eigenvalue weighted by Gasteiger charge is 2.40. The zero-order valence-corrected chi connectivity index (χ0v) is 15.6. The number of ether oxygens (including phenoxy) is 5. The molecule has 1 fully saturated rings. The van der Waals surface area contributed by atoms with Gasteiger partial charge in [-0.2, -0.15) is 0 Å². The molecule has 5 rings (SSSR count). The summed E-state index contributed by atoms with van der Waals surface area (Å²) in [6.45, 7) is 0.570. The van der Waals surface area contributed by atoms with Crippen molar-refractivity contribution in [3.05, 3.63) is 29.3 Å². The van der Waals surface area contributed by atoms with E-state index in [1.165, 1.54) is 14.2 Å². The summed E-state index contributed by atoms with van der Waals surface area (Å²) < 4.78 is 27.6. The molecule has 2 aliphatic heterocycles. The average molecular weight is 384 g/mol. The minimum Gasteiger partial charge on any atom is -0.504 e. The maximum Gasteiger partial charge on any atom is 0.309 e. The fourth-order valence-corrected chi connectivity index (χ4v) is 4.49. The van der Waals surface area contributed by atoms with Crippen molar-refractivity contribution in [2.24, 2.45) is 11.8 Å². The van der Waals surface area contributed by atoms with Crippen LogP contribution < -0.4 is 18.9 Å². The second kappa shape index (κ2) is 6.22. The van der Waals surface area contributed by atoms with Gasteiger partial charge in [-0.1, -0.05) is 0 Å². The summed E-state index contributed by atoms with van der Waals surface area (Å²) in [5, 5.41) is 10.5. The van der Waals surface area contributed by atoms with Gasteiger partial charge in [-0.05, 0) is 47.7 Å². The topological polar surface area (TPSA) is 83.5 Å². The van der Waals surface area contributed by atoms with Gasteiger partial charge in [0.05, 0.1) is 26.7 Å². The lowest BCUT2D eigenvalue weighted by molar-refractivity contribution is -0.141. The Kier molecular flexibility index (Phi) is 3.79. The van der Waals surface area contributed by atoms with Crippen molar-refractivity contribution < 1.29 is 33.6 Å². The fraction of sp³-hybridized carbons (Fsp3) is 0.381. The van der Waals surface area contributed by atoms with E-state index in [4.69, 9.17) is 23.7 Å². The molecule has 0 amide bonds. The number of fused-ring (bicyclic) bond motifs is 5. The molecule has 0 spiro atoms. The molecule has 0 aromatic heterocycles. The van der Waals surface area contributed by atoms with Crippen LogP contribution >= 0.6 is 0 Å². The lowest BCUT2D eigenvalue weighted by Gasteiger charge is -2.26. The molecule has 146 valence electrons. The Morgan fingerprint density at radius 3 is 2.46 bits per heavy atom. The number of carbonyl (C=O) groups is 1. The molecule has 28 heavy (non-hydrogen) atoms. The second-order valence-electron chi connectivity index (χ2n) is 7.26. The van der Waals surface area contributed by atoms with E-state index in [1.54, 1.807) is 6.07 Å². The average Bonchev–Trinajstić information content (AvgIpc) is 3.26. The molecule has 2 aromatic carbocycles. The largest absolute Gasteiger partial charge is 0.504 e. The molecular weight excluding hydrogens is 364 g/mol. The van der Waals surface area contributed by atoms with Crippen LogP contribution in [0.2, 0.25) is 0 Å². The molecule has 7 heteroatoms. The lowest BCUT2D eigenvalue weighted by atomic mass is 9.77. The number of aromatic hydroxyl groups is 1. The Labute approximate surface area is 161 Å². The van der Waals surface area contributed by atoms with Crippen LogP contribution in [0.1, 0.15) is 11.1 Å². The molecule has 1 aliphatic carbocycles. The van der Waals surface area contributed by atoms with Crippen molar-refractivity contribution in [2.75, 3.05) is 27.6 Å². The van der Waals surface area contributed by atoms with Crippen molar-refractivity contribution in [1.82, 2.24) is 0 Å². The van der Waals surface area contributed by atoms with Gasteiger partial charge in [0.2, 0.25) is 12.5 Å². The van der Waals surface area contributed by atoms with Crippen LogP contribution in [0.5, 0.6) is 28.7 Å². The Morgan fingerprint density at radius 1 is 0.964 bits per heavy atom. The van der Waals surface area contributed by atoms with Crippen molar-refractivity contribution in [1.29, 1.82) is 0 Å². The Morgan fingerprint density at radius 2 is 1.71 bits per heavy atom. The van der Waals surface area contributed by atoms with E-state index in [1.807, 2.05) is 12.1 Å². The standard InChI is InChI=1S/C21H20O7/c1-24-19-15(22)5-11-4-14-12(8-26-21(14)23)3-10-6-16-17(28-9-27-16)7-13(10)18(11)20(19)25-2/h5-7,12,14,22H,3-4,8-9H2,1-2H3/t12-,14-/m1/s1. The van der Waals surface area contributed by atoms with Gasteiger partial charge in [0.25, 0.3) is 0 Å². The molecule has 0 bridgehead atoms. The monoisotopic (exact) mass is 384 g/mol. The van der Waals surface area contributed by atoms with E-state index in [-0.39, 0.29) is 36.1 Å². The van der Waals surface area contributed by atoms with Gasteiger partial charge in [0, 0.05) is 11.5 Å². The van der Waals surface area contributed by atoms with Crippen LogP contribution in [0.15, 0.2) is 18.2 Å². The SMILES string of the molecule is COc1c(O)cc2c(c1OC)-c1cc3c(cc1C[C@@H]1COC(=O)[C@@H]1C2)OCO3. The molecular formula is C21H20O7. The third-order valence-corrected chi connectivity index (χ3v) is 5.81. The first kappa shape index (κ1) is 17.0. The van der Waals surface area contributed by atoms with Gasteiger partial charge in [0.15, 0.2) is 23.0 Å². The van der Waals surface area contributed by atoms with Gasteiger partial charge in [0.1, 0.15) is 0 Å². The number of rotatable bonds is 2. The number of carbonyl (C=O) groups excluding carboxylic acids is 1. The van der Waals surface area contributed by atoms with E-state index >= 15 is 0 Å². The minimum atomic E-state index is -0.269. The molecule has 2 heterocycles. The van der Waals surface area contributed by atoms with Crippen molar-refractivity contribution in [3.63, 3.8) is 0 Å². The zero-order valence-electron chi connectivity index (χ0n) is 15.6. The van der Waals surface area contributed by atoms with Crippen LogP contribution in [0.25, 0.3) is 11.1 Å². The van der Waals surface area contributed by atoms with Gasteiger partial charge < -0.3 is 28.8 Å². The number of esters is 1. The summed E-state index contributed by atoms with van der Waals surface area (Å²) in [5.74, 6) is 1.61. The fourth-order valence-electron chi connectivity index (χ4n) is 4.49. The number of cyclic esters (lactones) is 1. The zero-order chi connectivity index (χ0) is 19.4. The molecule has 3 aliphatic rings. The highest BCUT2D eigenvalue weighted by Crippen LogP contribution is 2.52. The quantitative estimate of drug-likeness (QED) is 0.797. The van der Waals surface area contributed by atoms with E-state index in [2.05, 4.69) is 0 Å². The minimum absolute atomic E-state index is 0.0242. The first-order valence-corrected chi connectivity index (χ1v) is 9.17. The van der Waals surface area contributed by atoms with Crippen LogP contribution in [0.3, 0.4) is 0 Å². The number of phenols is 1. The van der Waals surface area contributed by atoms with Crippen molar-refractivity contribution >= 4 is 5.97 Å². The highest BCUT2D eigenvalue weighted by atomic mass is 16.7. The normalized spacial score (nSPS) is 21.7. The number of phenolic OH excluding ortho intramolecular Hbond substituents is 1. The Hall–Kier alpha value is -3.09. The van der Waals surface area contributed by atoms with Crippen LogP contribution in [-0.2, 0) is 22.4 Å². The summed E-state index contributed by atoms with van der Waals surface area (Å²) in [5.41, 5.74) is 3.55. The molecule has 1 saturated heterocycles. The third-order valence-electron chi connectivity index (χ3n) is 5.81. The summed E-state index contributed by atoms with van der Waals surface area (Å²) >= 11 is 0. The molecule has 7 nitrogen and oxygen atoms in total.